The lowest BCUT2D eigenvalue weighted by atomic mass is 10.1. The highest BCUT2D eigenvalue weighted by Crippen LogP contribution is 2.23. The van der Waals surface area contributed by atoms with E-state index in [-0.39, 0.29) is 5.56 Å². The van der Waals surface area contributed by atoms with E-state index in [4.69, 9.17) is 14.5 Å². The van der Waals surface area contributed by atoms with Crippen LogP contribution in [0.25, 0.3) is 22.3 Å². The van der Waals surface area contributed by atoms with E-state index >= 15 is 0 Å². The molecule has 4 rings (SSSR count). The molecule has 5 nitrogen and oxygen atoms in total. The minimum absolute atomic E-state index is 0.0839. The van der Waals surface area contributed by atoms with Crippen LogP contribution in [0.2, 0.25) is 0 Å². The standard InChI is InChI=1S/C26H24N2O3/c1-3-8-19-9-4-7-12-24(19)31-18-17-28-25(20-13-15-21(30-2)16-14-20)27-23-11-6-5-10-22(23)26(28)29/h3-7,9-16H,1,8,17-18H2,2H3. The Morgan fingerprint density at radius 3 is 2.52 bits per heavy atom. The Balaban J connectivity index is 1.69. The van der Waals surface area contributed by atoms with Gasteiger partial charge in [0.1, 0.15) is 23.9 Å². The van der Waals surface area contributed by atoms with Crippen molar-refractivity contribution in [2.24, 2.45) is 0 Å². The highest BCUT2D eigenvalue weighted by Gasteiger charge is 2.13. The topological polar surface area (TPSA) is 53.4 Å². The van der Waals surface area contributed by atoms with Crippen LogP contribution in [0.15, 0.2) is 90.2 Å². The van der Waals surface area contributed by atoms with Gasteiger partial charge in [-0.3, -0.25) is 9.36 Å². The first-order chi connectivity index (χ1) is 15.2. The predicted molar refractivity (Wildman–Crippen MR) is 124 cm³/mol. The number of benzene rings is 3. The average Bonchev–Trinajstić information content (AvgIpc) is 2.82. The minimum atomic E-state index is -0.0839. The molecule has 0 aliphatic heterocycles. The SMILES string of the molecule is C=CCc1ccccc1OCCn1c(-c2ccc(OC)cc2)nc2ccccc2c1=O. The molecule has 0 N–H and O–H groups in total. The molecule has 0 spiro atoms. The third-order valence-electron chi connectivity index (χ3n) is 5.12. The van der Waals surface area contributed by atoms with Gasteiger partial charge in [-0.2, -0.15) is 0 Å². The van der Waals surface area contributed by atoms with Gasteiger partial charge in [-0.15, -0.1) is 6.58 Å². The lowest BCUT2D eigenvalue weighted by Crippen LogP contribution is -2.26. The summed E-state index contributed by atoms with van der Waals surface area (Å²) in [5, 5.41) is 0.590. The lowest BCUT2D eigenvalue weighted by Gasteiger charge is -2.15. The number of hydrogen-bond donors (Lipinski definition) is 0. The molecule has 4 aromatic rings. The van der Waals surface area contributed by atoms with Gasteiger partial charge in [-0.25, -0.2) is 4.98 Å². The fraction of sp³-hybridized carbons (Fsp3) is 0.154. The zero-order chi connectivity index (χ0) is 21.6. The maximum Gasteiger partial charge on any atom is 0.261 e. The third kappa shape index (κ3) is 4.36. The minimum Gasteiger partial charge on any atom is -0.497 e. The number of ether oxygens (including phenoxy) is 2. The van der Waals surface area contributed by atoms with Gasteiger partial charge in [0.15, 0.2) is 0 Å². The third-order valence-corrected chi connectivity index (χ3v) is 5.12. The summed E-state index contributed by atoms with van der Waals surface area (Å²) in [6, 6.07) is 22.8. The van der Waals surface area contributed by atoms with E-state index in [1.54, 1.807) is 17.7 Å². The summed E-state index contributed by atoms with van der Waals surface area (Å²) in [7, 11) is 1.63. The van der Waals surface area contributed by atoms with Crippen LogP contribution in [0.4, 0.5) is 0 Å². The van der Waals surface area contributed by atoms with Gasteiger partial charge in [-0.1, -0.05) is 36.4 Å². The molecule has 0 radical (unpaired) electrons. The molecule has 0 saturated carbocycles. The maximum atomic E-state index is 13.3. The summed E-state index contributed by atoms with van der Waals surface area (Å²) >= 11 is 0. The quantitative estimate of drug-likeness (QED) is 0.387. The second-order valence-electron chi connectivity index (χ2n) is 7.09. The molecule has 31 heavy (non-hydrogen) atoms. The van der Waals surface area contributed by atoms with Crippen molar-refractivity contribution >= 4 is 10.9 Å². The largest absolute Gasteiger partial charge is 0.497 e. The molecule has 0 aliphatic carbocycles. The van der Waals surface area contributed by atoms with Crippen LogP contribution in [0.3, 0.4) is 0 Å². The van der Waals surface area contributed by atoms with Gasteiger partial charge in [-0.05, 0) is 54.4 Å². The molecule has 0 fully saturated rings. The van der Waals surface area contributed by atoms with Crippen molar-refractivity contribution in [2.45, 2.75) is 13.0 Å². The number of allylic oxidation sites excluding steroid dienone is 1. The zero-order valence-electron chi connectivity index (χ0n) is 17.5. The van der Waals surface area contributed by atoms with Crippen molar-refractivity contribution in [1.82, 2.24) is 9.55 Å². The fourth-order valence-electron chi connectivity index (χ4n) is 3.55. The average molecular weight is 412 g/mol. The van der Waals surface area contributed by atoms with E-state index in [9.17, 15) is 4.79 Å². The van der Waals surface area contributed by atoms with Crippen LogP contribution in [-0.2, 0) is 13.0 Å². The normalized spacial score (nSPS) is 10.7. The van der Waals surface area contributed by atoms with Crippen molar-refractivity contribution in [3.63, 3.8) is 0 Å². The van der Waals surface area contributed by atoms with E-state index < -0.39 is 0 Å². The van der Waals surface area contributed by atoms with E-state index in [1.165, 1.54) is 0 Å². The molecule has 3 aromatic carbocycles. The molecule has 0 bridgehead atoms. The first kappa shape index (κ1) is 20.4. The number of aromatic nitrogens is 2. The number of hydrogen-bond acceptors (Lipinski definition) is 4. The Morgan fingerprint density at radius 1 is 1.00 bits per heavy atom. The van der Waals surface area contributed by atoms with Gasteiger partial charge in [0, 0.05) is 5.56 Å². The van der Waals surface area contributed by atoms with E-state index in [1.807, 2.05) is 72.8 Å². The van der Waals surface area contributed by atoms with Gasteiger partial charge in [0.25, 0.3) is 5.56 Å². The summed E-state index contributed by atoms with van der Waals surface area (Å²) in [4.78, 5) is 18.1. The van der Waals surface area contributed by atoms with Gasteiger partial charge in [0.2, 0.25) is 0 Å². The van der Waals surface area contributed by atoms with Crippen molar-refractivity contribution in [3.8, 4) is 22.9 Å². The molecular weight excluding hydrogens is 388 g/mol. The van der Waals surface area contributed by atoms with Gasteiger partial charge < -0.3 is 9.47 Å². The Hall–Kier alpha value is -3.86. The monoisotopic (exact) mass is 412 g/mol. The molecular formula is C26H24N2O3. The predicted octanol–water partition coefficient (Wildman–Crippen LogP) is 4.88. The summed E-state index contributed by atoms with van der Waals surface area (Å²) in [5.41, 5.74) is 2.50. The number of fused-ring (bicyclic) bond motifs is 1. The van der Waals surface area contributed by atoms with Crippen molar-refractivity contribution in [1.29, 1.82) is 0 Å². The number of rotatable bonds is 8. The molecule has 0 unspecified atom stereocenters. The second-order valence-corrected chi connectivity index (χ2v) is 7.09. The molecule has 0 saturated heterocycles. The van der Waals surface area contributed by atoms with E-state index in [0.717, 1.165) is 29.0 Å². The van der Waals surface area contributed by atoms with Crippen LogP contribution < -0.4 is 15.0 Å². The summed E-state index contributed by atoms with van der Waals surface area (Å²) in [5.74, 6) is 2.16. The Labute approximate surface area is 181 Å². The maximum absolute atomic E-state index is 13.3. The van der Waals surface area contributed by atoms with Crippen molar-refractivity contribution in [2.75, 3.05) is 13.7 Å². The van der Waals surface area contributed by atoms with Crippen LogP contribution in [-0.4, -0.2) is 23.3 Å². The molecule has 0 amide bonds. The Kier molecular flexibility index (Phi) is 6.13. The van der Waals surface area contributed by atoms with Crippen LogP contribution in [0.1, 0.15) is 5.56 Å². The van der Waals surface area contributed by atoms with E-state index in [0.29, 0.717) is 29.9 Å². The van der Waals surface area contributed by atoms with Gasteiger partial charge >= 0.3 is 0 Å². The smallest absolute Gasteiger partial charge is 0.261 e. The van der Waals surface area contributed by atoms with Crippen LogP contribution >= 0.6 is 0 Å². The lowest BCUT2D eigenvalue weighted by molar-refractivity contribution is 0.294. The van der Waals surface area contributed by atoms with Crippen LogP contribution in [0.5, 0.6) is 11.5 Å². The first-order valence-corrected chi connectivity index (χ1v) is 10.2. The highest BCUT2D eigenvalue weighted by molar-refractivity contribution is 5.79. The Bertz CT molecular complexity index is 1260. The van der Waals surface area contributed by atoms with Crippen LogP contribution in [0, 0.1) is 0 Å². The molecule has 5 heteroatoms. The Morgan fingerprint density at radius 2 is 1.74 bits per heavy atom. The molecule has 0 aliphatic rings. The van der Waals surface area contributed by atoms with Gasteiger partial charge in [0.05, 0.1) is 24.6 Å². The highest BCUT2D eigenvalue weighted by atomic mass is 16.5. The first-order valence-electron chi connectivity index (χ1n) is 10.2. The zero-order valence-corrected chi connectivity index (χ0v) is 17.5. The van der Waals surface area contributed by atoms with Crippen molar-refractivity contribution in [3.05, 3.63) is 101 Å². The summed E-state index contributed by atoms with van der Waals surface area (Å²) < 4.78 is 13.0. The number of nitrogens with zero attached hydrogens (tertiary/aromatic N) is 2. The molecule has 1 aromatic heterocycles. The van der Waals surface area contributed by atoms with Crippen molar-refractivity contribution < 1.29 is 9.47 Å². The fourth-order valence-corrected chi connectivity index (χ4v) is 3.55. The summed E-state index contributed by atoms with van der Waals surface area (Å²) in [6.07, 6.45) is 2.58. The molecule has 156 valence electrons. The number of methoxy groups -OCH3 is 1. The summed E-state index contributed by atoms with van der Waals surface area (Å²) in [6.45, 7) is 4.52. The number of para-hydroxylation sites is 2. The molecule has 0 atom stereocenters. The second kappa shape index (κ2) is 9.30. The molecule has 1 heterocycles. The van der Waals surface area contributed by atoms with E-state index in [2.05, 4.69) is 6.58 Å².